The van der Waals surface area contributed by atoms with Gasteiger partial charge in [0.15, 0.2) is 5.60 Å². The third-order valence-corrected chi connectivity index (χ3v) is 9.09. The van der Waals surface area contributed by atoms with E-state index in [1.165, 1.54) is 50.7 Å². The molecule has 1 unspecified atom stereocenters. The number of hydrogen-bond donors (Lipinski definition) is 1. The van der Waals surface area contributed by atoms with Crippen LogP contribution in [-0.4, -0.2) is 19.1 Å². The molecule has 2 aliphatic heterocycles. The maximum Gasteiger partial charge on any atom is 0.340 e. The van der Waals surface area contributed by atoms with Crippen LogP contribution in [0.5, 0.6) is 11.5 Å². The van der Waals surface area contributed by atoms with E-state index >= 15 is 0 Å². The second-order valence-corrected chi connectivity index (χ2v) is 12.3. The van der Waals surface area contributed by atoms with Gasteiger partial charge < -0.3 is 19.7 Å². The number of aryl methyl sites for hydroxylation is 1. The van der Waals surface area contributed by atoms with Crippen molar-refractivity contribution in [1.82, 2.24) is 0 Å². The van der Waals surface area contributed by atoms with Crippen LogP contribution < -0.4 is 15.0 Å². The normalized spacial score (nSPS) is 16.0. The highest BCUT2D eigenvalue weighted by atomic mass is 19.1. The Labute approximate surface area is 266 Å². The lowest BCUT2D eigenvalue weighted by Crippen LogP contribution is -2.33. The van der Waals surface area contributed by atoms with Gasteiger partial charge in [0.25, 0.3) is 0 Å². The first kappa shape index (κ1) is 30.7. The molecule has 0 amide bonds. The van der Waals surface area contributed by atoms with E-state index in [2.05, 4.69) is 42.3 Å². The van der Waals surface area contributed by atoms with Crippen molar-refractivity contribution in [3.8, 4) is 11.5 Å². The fourth-order valence-electron chi connectivity index (χ4n) is 6.66. The maximum absolute atomic E-state index is 13.6. The highest BCUT2D eigenvalue weighted by Crippen LogP contribution is 2.57. The Morgan fingerprint density at radius 2 is 1.44 bits per heavy atom. The first-order valence-electron chi connectivity index (χ1n) is 16.5. The van der Waals surface area contributed by atoms with Crippen molar-refractivity contribution in [2.24, 2.45) is 0 Å². The van der Waals surface area contributed by atoms with Crippen LogP contribution in [0.2, 0.25) is 0 Å². The molecule has 0 saturated heterocycles. The molecule has 5 nitrogen and oxygen atoms in total. The number of rotatable bonds is 13. The molecule has 45 heavy (non-hydrogen) atoms. The molecule has 6 heteroatoms. The van der Waals surface area contributed by atoms with Crippen LogP contribution in [0.25, 0.3) is 0 Å². The molecule has 0 bridgehead atoms. The molecule has 0 radical (unpaired) electrons. The van der Waals surface area contributed by atoms with Crippen molar-refractivity contribution in [3.63, 3.8) is 0 Å². The maximum atomic E-state index is 13.6. The predicted molar refractivity (Wildman–Crippen MR) is 180 cm³/mol. The van der Waals surface area contributed by atoms with Gasteiger partial charge >= 0.3 is 5.97 Å². The van der Waals surface area contributed by atoms with Gasteiger partial charge in [-0.1, -0.05) is 70.6 Å². The number of fused-ring (bicyclic) bond motifs is 6. The second-order valence-electron chi connectivity index (χ2n) is 12.3. The number of ether oxygens (including phenoxy) is 2. The summed E-state index contributed by atoms with van der Waals surface area (Å²) in [4.78, 5) is 15.9. The smallest absolute Gasteiger partial charge is 0.340 e. The van der Waals surface area contributed by atoms with Crippen LogP contribution in [0.1, 0.15) is 97.8 Å². The van der Waals surface area contributed by atoms with E-state index in [0.29, 0.717) is 17.1 Å². The zero-order valence-electron chi connectivity index (χ0n) is 26.6. The van der Waals surface area contributed by atoms with Gasteiger partial charge in [0.05, 0.1) is 5.56 Å². The van der Waals surface area contributed by atoms with E-state index in [4.69, 9.17) is 9.47 Å². The van der Waals surface area contributed by atoms with Gasteiger partial charge in [-0.25, -0.2) is 9.18 Å². The third kappa shape index (κ3) is 6.03. The number of nitrogens with zero attached hydrogens (tertiary/aromatic N) is 1. The fraction of sp³-hybridized carbons (Fsp3) is 0.359. The van der Waals surface area contributed by atoms with E-state index in [0.717, 1.165) is 65.2 Å². The SMILES string of the molecule is CCCCCCN(CCCCCC)c1ccc2c(c1)Oc1cc(C)c(Nc3ccc(F)cc3)cc1C21OC(=O)c2ccccc21. The average molecular weight is 607 g/mol. The van der Waals surface area contributed by atoms with Crippen molar-refractivity contribution in [1.29, 1.82) is 0 Å². The van der Waals surface area contributed by atoms with E-state index in [9.17, 15) is 9.18 Å². The van der Waals surface area contributed by atoms with Crippen LogP contribution in [-0.2, 0) is 10.3 Å². The molecule has 4 aromatic carbocycles. The minimum atomic E-state index is -1.16. The van der Waals surface area contributed by atoms with Gasteiger partial charge in [0.1, 0.15) is 17.3 Å². The summed E-state index contributed by atoms with van der Waals surface area (Å²) in [7, 11) is 0. The van der Waals surface area contributed by atoms with Crippen LogP contribution in [0.15, 0.2) is 78.9 Å². The number of benzene rings is 4. The minimum absolute atomic E-state index is 0.291. The molecule has 234 valence electrons. The number of unbranched alkanes of at least 4 members (excludes halogenated alkanes) is 6. The van der Waals surface area contributed by atoms with Crippen molar-refractivity contribution < 1.29 is 18.7 Å². The standard InChI is InChI=1S/C39H43FN2O3/c1-4-6-8-12-22-42(23-13-9-7-5-2)30-20-21-33-37(25-30)44-36-24-27(3)35(41-29-18-16-28(40)17-19-29)26-34(36)39(33)32-15-11-10-14-31(32)38(43)45-39/h10-11,14-21,24-26,41H,4-9,12-13,22-23H2,1-3H3. The molecule has 4 aromatic rings. The predicted octanol–water partition coefficient (Wildman–Crippen LogP) is 10.4. The van der Waals surface area contributed by atoms with Gasteiger partial charge in [0, 0.05) is 52.9 Å². The summed E-state index contributed by atoms with van der Waals surface area (Å²) in [6.45, 7) is 8.50. The summed E-state index contributed by atoms with van der Waals surface area (Å²) < 4.78 is 26.8. The van der Waals surface area contributed by atoms with E-state index in [1.807, 2.05) is 43.3 Å². The number of carbonyl (C=O) groups excluding carboxylic acids is 1. The Hall–Kier alpha value is -4.32. The molecule has 0 saturated carbocycles. The largest absolute Gasteiger partial charge is 0.456 e. The molecule has 2 aliphatic rings. The number of halogens is 1. The van der Waals surface area contributed by atoms with E-state index < -0.39 is 5.60 Å². The summed E-state index contributed by atoms with van der Waals surface area (Å²) in [5, 5.41) is 3.43. The fourth-order valence-corrected chi connectivity index (χ4v) is 6.66. The Bertz CT molecular complexity index is 1660. The second kappa shape index (κ2) is 13.4. The summed E-state index contributed by atoms with van der Waals surface area (Å²) in [5.74, 6) is 0.718. The van der Waals surface area contributed by atoms with Crippen LogP contribution >= 0.6 is 0 Å². The molecule has 1 atom stereocenters. The molecular weight excluding hydrogens is 563 g/mol. The van der Waals surface area contributed by atoms with Crippen molar-refractivity contribution >= 4 is 23.0 Å². The minimum Gasteiger partial charge on any atom is -0.456 e. The molecule has 0 aliphatic carbocycles. The Morgan fingerprint density at radius 1 is 0.756 bits per heavy atom. The quantitative estimate of drug-likeness (QED) is 0.121. The first-order valence-corrected chi connectivity index (χ1v) is 16.5. The summed E-state index contributed by atoms with van der Waals surface area (Å²) >= 11 is 0. The van der Waals surface area contributed by atoms with E-state index in [1.54, 1.807) is 12.1 Å². The highest BCUT2D eigenvalue weighted by Gasteiger charge is 2.53. The first-order chi connectivity index (χ1) is 21.9. The number of carbonyl (C=O) groups is 1. The van der Waals surface area contributed by atoms with Gasteiger partial charge in [-0.3, -0.25) is 0 Å². The van der Waals surface area contributed by atoms with Crippen LogP contribution in [0.3, 0.4) is 0 Å². The van der Waals surface area contributed by atoms with Crippen molar-refractivity contribution in [2.45, 2.75) is 77.7 Å². The molecular formula is C39H43FN2O3. The highest BCUT2D eigenvalue weighted by molar-refractivity contribution is 5.97. The van der Waals surface area contributed by atoms with Gasteiger partial charge in [-0.15, -0.1) is 0 Å². The number of nitrogens with one attached hydrogen (secondary N) is 1. The average Bonchev–Trinajstić information content (AvgIpc) is 3.34. The van der Waals surface area contributed by atoms with Crippen molar-refractivity contribution in [3.05, 3.63) is 112 Å². The summed E-state index contributed by atoms with van der Waals surface area (Å²) in [5.41, 5.74) is 5.45. The van der Waals surface area contributed by atoms with Gasteiger partial charge in [-0.05, 0) is 79.9 Å². The van der Waals surface area contributed by atoms with Gasteiger partial charge in [-0.2, -0.15) is 0 Å². The molecule has 0 fully saturated rings. The Morgan fingerprint density at radius 3 is 2.16 bits per heavy atom. The van der Waals surface area contributed by atoms with E-state index in [-0.39, 0.29) is 11.8 Å². The Kier molecular flexibility index (Phi) is 9.11. The van der Waals surface area contributed by atoms with Gasteiger partial charge in [0.2, 0.25) is 0 Å². The molecule has 1 N–H and O–H groups in total. The topological polar surface area (TPSA) is 50.8 Å². The Balaban J connectivity index is 1.43. The molecule has 1 spiro atoms. The van der Waals surface area contributed by atoms with Crippen LogP contribution in [0, 0.1) is 12.7 Å². The zero-order chi connectivity index (χ0) is 31.4. The number of esters is 1. The zero-order valence-corrected chi connectivity index (χ0v) is 26.6. The monoisotopic (exact) mass is 606 g/mol. The third-order valence-electron chi connectivity index (χ3n) is 9.09. The molecule has 0 aromatic heterocycles. The van der Waals surface area contributed by atoms with Crippen LogP contribution in [0.4, 0.5) is 21.5 Å². The lowest BCUT2D eigenvalue weighted by atomic mass is 9.77. The summed E-state index contributed by atoms with van der Waals surface area (Å²) in [6, 6.07) is 24.3. The molecule has 6 rings (SSSR count). The van der Waals surface area contributed by atoms with Crippen molar-refractivity contribution in [2.75, 3.05) is 23.3 Å². The number of hydrogen-bond acceptors (Lipinski definition) is 5. The number of anilines is 3. The lowest BCUT2D eigenvalue weighted by Gasteiger charge is -2.38. The molecule has 2 heterocycles. The lowest BCUT2D eigenvalue weighted by molar-refractivity contribution is 0.0224. The summed E-state index contributed by atoms with van der Waals surface area (Å²) in [6.07, 6.45) is 9.68.